The van der Waals surface area contributed by atoms with Crippen molar-refractivity contribution in [2.24, 2.45) is 5.73 Å². The SMILES string of the molecule is CC(C)(N)C(=O)N[C@H](CC1=CCCCc2ccccc21)C(=O)N[C@H](Cc1cccc2ccccc12)NC=O. The van der Waals surface area contributed by atoms with Crippen LogP contribution in [0.25, 0.3) is 16.3 Å². The maximum absolute atomic E-state index is 13.7. The Labute approximate surface area is 223 Å². The second-order valence-electron chi connectivity index (χ2n) is 10.4. The van der Waals surface area contributed by atoms with Crippen LogP contribution in [-0.2, 0) is 27.2 Å². The summed E-state index contributed by atoms with van der Waals surface area (Å²) in [4.78, 5) is 38.0. The summed E-state index contributed by atoms with van der Waals surface area (Å²) in [5.74, 6) is -0.807. The van der Waals surface area contributed by atoms with Crippen LogP contribution in [-0.4, -0.2) is 36.0 Å². The van der Waals surface area contributed by atoms with Crippen LogP contribution in [0, 0.1) is 0 Å². The number of fused-ring (bicyclic) bond motifs is 2. The third kappa shape index (κ3) is 6.66. The molecule has 0 aromatic heterocycles. The number of nitrogens with one attached hydrogen (secondary N) is 3. The molecule has 1 aliphatic rings. The van der Waals surface area contributed by atoms with Crippen molar-refractivity contribution in [3.8, 4) is 0 Å². The summed E-state index contributed by atoms with van der Waals surface area (Å²) in [6.45, 7) is 3.21. The van der Waals surface area contributed by atoms with E-state index in [9.17, 15) is 14.4 Å². The Morgan fingerprint density at radius 3 is 2.50 bits per heavy atom. The van der Waals surface area contributed by atoms with Crippen LogP contribution in [0.1, 0.15) is 49.8 Å². The molecule has 0 fully saturated rings. The van der Waals surface area contributed by atoms with Gasteiger partial charge in [0.15, 0.2) is 0 Å². The van der Waals surface area contributed by atoms with Crippen LogP contribution in [0.5, 0.6) is 0 Å². The largest absolute Gasteiger partial charge is 0.342 e. The molecule has 0 unspecified atom stereocenters. The molecule has 2 atom stereocenters. The van der Waals surface area contributed by atoms with Gasteiger partial charge in [-0.05, 0) is 66.1 Å². The highest BCUT2D eigenvalue weighted by molar-refractivity contribution is 5.93. The molecule has 0 aliphatic heterocycles. The Balaban J connectivity index is 1.59. The molecule has 4 rings (SSSR count). The molecule has 7 nitrogen and oxygen atoms in total. The number of carbonyl (C=O) groups excluding carboxylic acids is 3. The number of amides is 3. The molecule has 5 N–H and O–H groups in total. The van der Waals surface area contributed by atoms with E-state index in [4.69, 9.17) is 5.73 Å². The first kappa shape index (κ1) is 27.1. The first-order chi connectivity index (χ1) is 18.3. The molecule has 198 valence electrons. The minimum Gasteiger partial charge on any atom is -0.342 e. The van der Waals surface area contributed by atoms with E-state index in [1.165, 1.54) is 5.56 Å². The zero-order valence-electron chi connectivity index (χ0n) is 22.0. The molecule has 0 spiro atoms. The van der Waals surface area contributed by atoms with Crippen molar-refractivity contribution in [3.63, 3.8) is 0 Å². The lowest BCUT2D eigenvalue weighted by Gasteiger charge is -2.27. The Kier molecular flexibility index (Phi) is 8.59. The first-order valence-corrected chi connectivity index (χ1v) is 13.1. The van der Waals surface area contributed by atoms with Gasteiger partial charge in [-0.15, -0.1) is 0 Å². The van der Waals surface area contributed by atoms with Gasteiger partial charge in [-0.3, -0.25) is 14.4 Å². The van der Waals surface area contributed by atoms with Gasteiger partial charge in [-0.25, -0.2) is 0 Å². The number of rotatable bonds is 10. The number of benzene rings is 3. The second kappa shape index (κ2) is 12.0. The van der Waals surface area contributed by atoms with Crippen LogP contribution < -0.4 is 21.7 Å². The lowest BCUT2D eigenvalue weighted by atomic mass is 9.93. The summed E-state index contributed by atoms with van der Waals surface area (Å²) in [5.41, 5.74) is 9.24. The van der Waals surface area contributed by atoms with Crippen molar-refractivity contribution < 1.29 is 14.4 Å². The van der Waals surface area contributed by atoms with Crippen LogP contribution in [0.2, 0.25) is 0 Å². The van der Waals surface area contributed by atoms with Gasteiger partial charge in [0, 0.05) is 12.8 Å². The van der Waals surface area contributed by atoms with E-state index in [-0.39, 0.29) is 5.91 Å². The Hall–Kier alpha value is -3.97. The van der Waals surface area contributed by atoms with E-state index >= 15 is 0 Å². The maximum Gasteiger partial charge on any atom is 0.244 e. The standard InChI is InChI=1S/C31H36N4O3/c1-31(2,32)30(38)34-27(18-23-13-4-3-10-21-11-5-7-16-25(21)23)29(37)35-28(33-20-36)19-24-15-9-14-22-12-6-8-17-26(22)24/h5-9,11-17,20,27-28H,3-4,10,18-19,32H2,1-2H3,(H,33,36)(H,34,38)(H,35,37)/t27-,28-/m1/s1. The second-order valence-corrected chi connectivity index (χ2v) is 10.4. The summed E-state index contributed by atoms with van der Waals surface area (Å²) in [6, 6.07) is 21.3. The van der Waals surface area contributed by atoms with Gasteiger partial charge in [-0.2, -0.15) is 0 Å². The maximum atomic E-state index is 13.7. The van der Waals surface area contributed by atoms with Gasteiger partial charge in [0.2, 0.25) is 18.2 Å². The zero-order valence-corrected chi connectivity index (χ0v) is 22.0. The normalized spacial score (nSPS) is 14.9. The minimum absolute atomic E-state index is 0.312. The van der Waals surface area contributed by atoms with Crippen LogP contribution in [0.15, 0.2) is 72.8 Å². The van der Waals surface area contributed by atoms with Crippen molar-refractivity contribution in [3.05, 3.63) is 89.5 Å². The van der Waals surface area contributed by atoms with Crippen LogP contribution >= 0.6 is 0 Å². The van der Waals surface area contributed by atoms with Crippen LogP contribution in [0.3, 0.4) is 0 Å². The fraction of sp³-hybridized carbons (Fsp3) is 0.323. The van der Waals surface area contributed by atoms with E-state index in [0.717, 1.165) is 46.7 Å². The number of hydrogen-bond donors (Lipinski definition) is 4. The summed E-state index contributed by atoms with van der Waals surface area (Å²) >= 11 is 0. The highest BCUT2D eigenvalue weighted by atomic mass is 16.2. The van der Waals surface area contributed by atoms with E-state index in [1.807, 2.05) is 54.6 Å². The van der Waals surface area contributed by atoms with Gasteiger partial charge in [0.25, 0.3) is 0 Å². The Morgan fingerprint density at radius 1 is 0.974 bits per heavy atom. The van der Waals surface area contributed by atoms with Crippen molar-refractivity contribution in [2.75, 3.05) is 0 Å². The van der Waals surface area contributed by atoms with Gasteiger partial charge in [0.05, 0.1) is 5.54 Å². The summed E-state index contributed by atoms with van der Waals surface area (Å²) in [5, 5.41) is 10.7. The van der Waals surface area contributed by atoms with E-state index in [0.29, 0.717) is 19.3 Å². The fourth-order valence-electron chi connectivity index (χ4n) is 4.89. The molecular formula is C31H36N4O3. The van der Waals surface area contributed by atoms with Gasteiger partial charge in [-0.1, -0.05) is 72.8 Å². The molecule has 1 aliphatic carbocycles. The average molecular weight is 513 g/mol. The first-order valence-electron chi connectivity index (χ1n) is 13.1. The summed E-state index contributed by atoms with van der Waals surface area (Å²) in [7, 11) is 0. The predicted octanol–water partition coefficient (Wildman–Crippen LogP) is 3.60. The Morgan fingerprint density at radius 2 is 1.71 bits per heavy atom. The quantitative estimate of drug-likeness (QED) is 0.246. The molecule has 38 heavy (non-hydrogen) atoms. The fourth-order valence-corrected chi connectivity index (χ4v) is 4.89. The molecule has 0 bridgehead atoms. The lowest BCUT2D eigenvalue weighted by Crippen LogP contribution is -2.58. The number of aryl methyl sites for hydroxylation is 1. The van der Waals surface area contributed by atoms with Crippen molar-refractivity contribution in [1.29, 1.82) is 0 Å². The zero-order chi connectivity index (χ0) is 27.1. The highest BCUT2D eigenvalue weighted by Crippen LogP contribution is 2.29. The highest BCUT2D eigenvalue weighted by Gasteiger charge is 2.30. The van der Waals surface area contributed by atoms with Gasteiger partial charge < -0.3 is 21.7 Å². The van der Waals surface area contributed by atoms with E-state index in [1.54, 1.807) is 13.8 Å². The molecule has 7 heteroatoms. The van der Waals surface area contributed by atoms with E-state index in [2.05, 4.69) is 34.2 Å². The Bertz CT molecular complexity index is 1340. The smallest absolute Gasteiger partial charge is 0.244 e. The van der Waals surface area contributed by atoms with Gasteiger partial charge >= 0.3 is 0 Å². The molecule has 0 radical (unpaired) electrons. The molecule has 0 heterocycles. The summed E-state index contributed by atoms with van der Waals surface area (Å²) < 4.78 is 0. The third-order valence-electron chi connectivity index (χ3n) is 6.93. The minimum atomic E-state index is -1.16. The number of nitrogens with two attached hydrogens (primary N) is 1. The average Bonchev–Trinajstić information content (AvgIpc) is 3.10. The third-order valence-corrected chi connectivity index (χ3v) is 6.93. The predicted molar refractivity (Wildman–Crippen MR) is 151 cm³/mol. The molecule has 3 aromatic carbocycles. The number of allylic oxidation sites excluding steroid dienone is 1. The molecule has 0 saturated heterocycles. The number of hydrogen-bond acceptors (Lipinski definition) is 4. The van der Waals surface area contributed by atoms with E-state index < -0.39 is 23.7 Å². The molecule has 3 aromatic rings. The summed E-state index contributed by atoms with van der Waals surface area (Å²) in [6.07, 6.45) is 5.66. The van der Waals surface area contributed by atoms with Crippen molar-refractivity contribution in [2.45, 2.75) is 63.7 Å². The lowest BCUT2D eigenvalue weighted by molar-refractivity contribution is -0.131. The van der Waals surface area contributed by atoms with Crippen molar-refractivity contribution >= 4 is 34.6 Å². The van der Waals surface area contributed by atoms with Gasteiger partial charge in [0.1, 0.15) is 12.2 Å². The monoisotopic (exact) mass is 512 g/mol. The van der Waals surface area contributed by atoms with Crippen molar-refractivity contribution in [1.82, 2.24) is 16.0 Å². The topological polar surface area (TPSA) is 113 Å². The molecular weight excluding hydrogens is 476 g/mol. The molecule has 3 amide bonds. The number of carbonyl (C=O) groups is 3. The van der Waals surface area contributed by atoms with Crippen LogP contribution in [0.4, 0.5) is 0 Å². The molecule has 0 saturated carbocycles.